The highest BCUT2D eigenvalue weighted by Crippen LogP contribution is 2.13. The molecule has 170 valence electrons. The van der Waals surface area contributed by atoms with Crippen LogP contribution in [0.25, 0.3) is 0 Å². The number of nitrogens with two attached hydrogens (primary N) is 1. The van der Waals surface area contributed by atoms with Crippen molar-refractivity contribution < 1.29 is 4.79 Å². The van der Waals surface area contributed by atoms with E-state index in [1.807, 2.05) is 30.4 Å². The SMILES string of the molecule is CCCCCCCCCCCCCCCCC=CC=CC=CC=CC=C(C)C(N)=O. The molecule has 1 amide bonds. The van der Waals surface area contributed by atoms with E-state index in [0.717, 1.165) is 0 Å². The molecule has 0 aliphatic rings. The molecule has 30 heavy (non-hydrogen) atoms. The van der Waals surface area contributed by atoms with Crippen LogP contribution in [0.15, 0.2) is 60.3 Å². The van der Waals surface area contributed by atoms with Crippen LogP contribution >= 0.6 is 0 Å². The van der Waals surface area contributed by atoms with Crippen molar-refractivity contribution in [3.05, 3.63) is 60.3 Å². The van der Waals surface area contributed by atoms with Crippen LogP contribution in [0.5, 0.6) is 0 Å². The van der Waals surface area contributed by atoms with Crippen LogP contribution in [0.1, 0.15) is 110 Å². The van der Waals surface area contributed by atoms with Crippen molar-refractivity contribution in [3.63, 3.8) is 0 Å². The third-order valence-corrected chi connectivity index (χ3v) is 5.26. The first-order valence-corrected chi connectivity index (χ1v) is 12.3. The van der Waals surface area contributed by atoms with Crippen molar-refractivity contribution >= 4 is 5.91 Å². The average molecular weight is 414 g/mol. The number of rotatable bonds is 20. The molecule has 0 aromatic heterocycles. The number of unbranched alkanes of at least 4 members (excludes halogenated alkanes) is 14. The number of allylic oxidation sites excluding steroid dienone is 9. The molecule has 0 bridgehead atoms. The van der Waals surface area contributed by atoms with Gasteiger partial charge in [0.15, 0.2) is 0 Å². The summed E-state index contributed by atoms with van der Waals surface area (Å²) in [6.45, 7) is 3.99. The highest BCUT2D eigenvalue weighted by atomic mass is 16.1. The Labute approximate surface area is 187 Å². The predicted octanol–water partition coefficient (Wildman–Crippen LogP) is 8.51. The second-order valence-corrected chi connectivity index (χ2v) is 8.18. The van der Waals surface area contributed by atoms with Gasteiger partial charge in [0.2, 0.25) is 5.91 Å². The molecule has 0 radical (unpaired) electrons. The Morgan fingerprint density at radius 3 is 1.47 bits per heavy atom. The van der Waals surface area contributed by atoms with Gasteiger partial charge >= 0.3 is 0 Å². The van der Waals surface area contributed by atoms with E-state index in [-0.39, 0.29) is 5.91 Å². The summed E-state index contributed by atoms with van der Waals surface area (Å²) in [6, 6.07) is 0. The summed E-state index contributed by atoms with van der Waals surface area (Å²) in [6.07, 6.45) is 38.7. The number of carbonyl (C=O) groups excluding carboxylic acids is 1. The van der Waals surface area contributed by atoms with Crippen molar-refractivity contribution in [2.75, 3.05) is 0 Å². The highest BCUT2D eigenvalue weighted by Gasteiger charge is 1.94. The third kappa shape index (κ3) is 22.5. The molecule has 0 unspecified atom stereocenters. The van der Waals surface area contributed by atoms with Gasteiger partial charge in [-0.1, -0.05) is 145 Å². The summed E-state index contributed by atoms with van der Waals surface area (Å²) in [5.74, 6) is -0.382. The Balaban J connectivity index is 3.40. The summed E-state index contributed by atoms with van der Waals surface area (Å²) >= 11 is 0. The second kappa shape index (κ2) is 23.4. The van der Waals surface area contributed by atoms with Crippen LogP contribution in [0.4, 0.5) is 0 Å². The van der Waals surface area contributed by atoms with Crippen LogP contribution in [-0.2, 0) is 4.79 Å². The van der Waals surface area contributed by atoms with Gasteiger partial charge in [0.1, 0.15) is 0 Å². The molecule has 0 rings (SSSR count). The van der Waals surface area contributed by atoms with E-state index in [1.54, 1.807) is 13.0 Å². The van der Waals surface area contributed by atoms with Crippen molar-refractivity contribution in [2.45, 2.75) is 110 Å². The van der Waals surface area contributed by atoms with Gasteiger partial charge in [0.05, 0.1) is 0 Å². The highest BCUT2D eigenvalue weighted by molar-refractivity contribution is 5.91. The van der Waals surface area contributed by atoms with E-state index in [9.17, 15) is 4.79 Å². The number of carbonyl (C=O) groups is 1. The Kier molecular flexibility index (Phi) is 22.0. The minimum absolute atomic E-state index is 0.382. The zero-order valence-electron chi connectivity index (χ0n) is 19.8. The lowest BCUT2D eigenvalue weighted by Gasteiger charge is -2.02. The van der Waals surface area contributed by atoms with Crippen LogP contribution in [0.2, 0.25) is 0 Å². The fourth-order valence-electron chi connectivity index (χ4n) is 3.23. The quantitative estimate of drug-likeness (QED) is 0.121. The van der Waals surface area contributed by atoms with Gasteiger partial charge in [-0.25, -0.2) is 0 Å². The normalized spacial score (nSPS) is 12.9. The van der Waals surface area contributed by atoms with Gasteiger partial charge in [-0.2, -0.15) is 0 Å². The van der Waals surface area contributed by atoms with E-state index in [1.165, 1.54) is 96.3 Å². The molecule has 0 saturated carbocycles. The summed E-state index contributed by atoms with van der Waals surface area (Å²) in [5.41, 5.74) is 5.71. The molecular weight excluding hydrogens is 366 g/mol. The van der Waals surface area contributed by atoms with E-state index < -0.39 is 0 Å². The fraction of sp³-hybridized carbons (Fsp3) is 0.607. The molecule has 0 fully saturated rings. The first-order chi connectivity index (χ1) is 14.7. The van der Waals surface area contributed by atoms with Crippen molar-refractivity contribution in [3.8, 4) is 0 Å². The molecule has 0 aliphatic heterocycles. The molecule has 0 aliphatic carbocycles. The zero-order valence-corrected chi connectivity index (χ0v) is 19.8. The second-order valence-electron chi connectivity index (χ2n) is 8.18. The van der Waals surface area contributed by atoms with Gasteiger partial charge in [-0.05, 0) is 19.8 Å². The summed E-state index contributed by atoms with van der Waals surface area (Å²) in [4.78, 5) is 10.8. The summed E-state index contributed by atoms with van der Waals surface area (Å²) in [7, 11) is 0. The first kappa shape index (κ1) is 28.2. The maximum atomic E-state index is 10.8. The largest absolute Gasteiger partial charge is 0.366 e. The Bertz CT molecular complexity index is 537. The molecule has 0 aromatic rings. The minimum Gasteiger partial charge on any atom is -0.366 e. The number of hydrogen-bond donors (Lipinski definition) is 1. The topological polar surface area (TPSA) is 43.1 Å². The van der Waals surface area contributed by atoms with Crippen LogP contribution in [0, 0.1) is 0 Å². The average Bonchev–Trinajstić information content (AvgIpc) is 2.74. The van der Waals surface area contributed by atoms with Gasteiger partial charge in [-0.15, -0.1) is 0 Å². The number of amides is 1. The molecule has 2 nitrogen and oxygen atoms in total. The zero-order chi connectivity index (χ0) is 22.1. The fourth-order valence-corrected chi connectivity index (χ4v) is 3.23. The Morgan fingerprint density at radius 1 is 0.600 bits per heavy atom. The molecule has 2 N–H and O–H groups in total. The van der Waals surface area contributed by atoms with E-state index in [4.69, 9.17) is 5.73 Å². The summed E-state index contributed by atoms with van der Waals surface area (Å²) < 4.78 is 0. The Hall–Kier alpha value is -1.83. The lowest BCUT2D eigenvalue weighted by molar-refractivity contribution is -0.114. The standard InChI is InChI=1S/C28H47NO/c1-3-4-5-6-7-8-9-10-11-12-13-14-15-16-17-18-19-20-21-22-23-24-25-26-27(2)28(29)30/h18-26H,3-17H2,1-2H3,(H2,29,30). The smallest absolute Gasteiger partial charge is 0.244 e. The first-order valence-electron chi connectivity index (χ1n) is 12.3. The van der Waals surface area contributed by atoms with Gasteiger partial charge in [-0.3, -0.25) is 4.79 Å². The molecular formula is C28H47NO. The Morgan fingerprint density at radius 2 is 1.00 bits per heavy atom. The molecule has 0 heterocycles. The van der Waals surface area contributed by atoms with Crippen molar-refractivity contribution in [1.82, 2.24) is 0 Å². The van der Waals surface area contributed by atoms with Crippen molar-refractivity contribution in [2.24, 2.45) is 5.73 Å². The number of hydrogen-bond acceptors (Lipinski definition) is 1. The lowest BCUT2D eigenvalue weighted by atomic mass is 10.0. The molecule has 0 saturated heterocycles. The van der Waals surface area contributed by atoms with Crippen molar-refractivity contribution in [1.29, 1.82) is 0 Å². The van der Waals surface area contributed by atoms with Gasteiger partial charge in [0, 0.05) is 5.57 Å². The van der Waals surface area contributed by atoms with E-state index in [0.29, 0.717) is 5.57 Å². The minimum atomic E-state index is -0.382. The maximum Gasteiger partial charge on any atom is 0.244 e. The monoisotopic (exact) mass is 413 g/mol. The van der Waals surface area contributed by atoms with Gasteiger partial charge < -0.3 is 5.73 Å². The van der Waals surface area contributed by atoms with E-state index in [2.05, 4.69) is 25.2 Å². The van der Waals surface area contributed by atoms with Crippen LogP contribution in [0.3, 0.4) is 0 Å². The maximum absolute atomic E-state index is 10.8. The molecule has 0 spiro atoms. The van der Waals surface area contributed by atoms with Gasteiger partial charge in [0.25, 0.3) is 0 Å². The van der Waals surface area contributed by atoms with Crippen LogP contribution in [-0.4, -0.2) is 5.91 Å². The van der Waals surface area contributed by atoms with Crippen LogP contribution < -0.4 is 5.73 Å². The molecule has 2 heteroatoms. The third-order valence-electron chi connectivity index (χ3n) is 5.26. The molecule has 0 aromatic carbocycles. The number of primary amides is 1. The van der Waals surface area contributed by atoms with E-state index >= 15 is 0 Å². The lowest BCUT2D eigenvalue weighted by Crippen LogP contribution is -2.11. The summed E-state index contributed by atoms with van der Waals surface area (Å²) in [5, 5.41) is 0. The predicted molar refractivity (Wildman–Crippen MR) is 134 cm³/mol. The molecule has 0 atom stereocenters.